The van der Waals surface area contributed by atoms with Gasteiger partial charge in [0, 0.05) is 42.8 Å². The summed E-state index contributed by atoms with van der Waals surface area (Å²) >= 11 is 3.45. The van der Waals surface area contributed by atoms with Crippen molar-refractivity contribution in [3.8, 4) is 0 Å². The van der Waals surface area contributed by atoms with E-state index in [1.807, 2.05) is 17.2 Å². The molecule has 2 fully saturated rings. The predicted molar refractivity (Wildman–Crippen MR) is 78.5 cm³/mol. The highest BCUT2D eigenvalue weighted by molar-refractivity contribution is 9.10. The smallest absolute Gasteiger partial charge is 0.270 e. The average molecular weight is 340 g/mol. The van der Waals surface area contributed by atoms with Gasteiger partial charge in [-0.2, -0.15) is 0 Å². The van der Waals surface area contributed by atoms with E-state index in [1.165, 1.54) is 6.92 Å². The molecule has 3 rings (SSSR count). The molecule has 0 spiro atoms. The van der Waals surface area contributed by atoms with E-state index < -0.39 is 0 Å². The normalized spacial score (nSPS) is 22.1. The van der Waals surface area contributed by atoms with Gasteiger partial charge in [0.15, 0.2) is 0 Å². The van der Waals surface area contributed by atoms with Crippen LogP contribution < -0.4 is 5.32 Å². The summed E-state index contributed by atoms with van der Waals surface area (Å²) in [5, 5.41) is 2.88. The molecule has 1 aliphatic carbocycles. The van der Waals surface area contributed by atoms with Crippen LogP contribution in [0.25, 0.3) is 0 Å². The summed E-state index contributed by atoms with van der Waals surface area (Å²) in [6.07, 6.45) is 5.12. The molecule has 1 unspecified atom stereocenters. The molecule has 20 heavy (non-hydrogen) atoms. The first-order chi connectivity index (χ1) is 9.54. The number of carbonyl (C=O) groups is 2. The van der Waals surface area contributed by atoms with Crippen molar-refractivity contribution in [3.05, 3.63) is 22.4 Å². The van der Waals surface area contributed by atoms with E-state index in [0.29, 0.717) is 19.1 Å². The van der Waals surface area contributed by atoms with Crippen molar-refractivity contribution in [3.63, 3.8) is 0 Å². The fraction of sp³-hybridized carbons (Fsp3) is 0.571. The fourth-order valence-corrected chi connectivity index (χ4v) is 3.22. The number of likely N-dealkylation sites (tertiary alicyclic amines) is 1. The number of nitrogens with one attached hydrogen (secondary N) is 1. The number of hydrogen-bond acceptors (Lipinski definition) is 2. The van der Waals surface area contributed by atoms with Crippen LogP contribution in [0.5, 0.6) is 0 Å². The van der Waals surface area contributed by atoms with Gasteiger partial charge in [0.05, 0.1) is 0 Å². The van der Waals surface area contributed by atoms with E-state index in [0.717, 1.165) is 29.4 Å². The molecular weight excluding hydrogens is 322 g/mol. The molecular formula is C14H18BrN3O2. The summed E-state index contributed by atoms with van der Waals surface area (Å²) in [6.45, 7) is 2.82. The minimum Gasteiger partial charge on any atom is -0.352 e. The Morgan fingerprint density at radius 3 is 2.75 bits per heavy atom. The molecule has 5 nitrogen and oxygen atoms in total. The maximum Gasteiger partial charge on any atom is 0.270 e. The summed E-state index contributed by atoms with van der Waals surface area (Å²) in [5.41, 5.74) is 0.753. The lowest BCUT2D eigenvalue weighted by molar-refractivity contribution is -0.119. The third-order valence-corrected chi connectivity index (χ3v) is 4.29. The second-order valence-corrected chi connectivity index (χ2v) is 6.53. The summed E-state index contributed by atoms with van der Waals surface area (Å²) in [6, 6.07) is 2.46. The number of hydrogen-bond donors (Lipinski definition) is 1. The number of rotatable bonds is 3. The van der Waals surface area contributed by atoms with E-state index in [9.17, 15) is 9.59 Å². The van der Waals surface area contributed by atoms with E-state index in [-0.39, 0.29) is 17.9 Å². The standard InChI is InChI=1S/C14H18BrN3O2/c1-9(19)16-11-4-5-17(8-11)14(20)13-6-10(15)7-18(13)12-2-3-12/h6-7,11-12H,2-5,8H2,1H3,(H,16,19). The van der Waals surface area contributed by atoms with E-state index in [1.54, 1.807) is 0 Å². The third kappa shape index (κ3) is 2.75. The Morgan fingerprint density at radius 2 is 2.10 bits per heavy atom. The zero-order chi connectivity index (χ0) is 14.3. The molecule has 1 aromatic heterocycles. The van der Waals surface area contributed by atoms with Crippen LogP contribution in [0.3, 0.4) is 0 Å². The molecule has 2 heterocycles. The Labute approximate surface area is 126 Å². The molecule has 0 bridgehead atoms. The van der Waals surface area contributed by atoms with Crippen LogP contribution in [0, 0.1) is 0 Å². The van der Waals surface area contributed by atoms with Gasteiger partial charge < -0.3 is 14.8 Å². The molecule has 108 valence electrons. The van der Waals surface area contributed by atoms with Crippen molar-refractivity contribution in [2.24, 2.45) is 0 Å². The van der Waals surface area contributed by atoms with E-state index in [2.05, 4.69) is 25.8 Å². The van der Waals surface area contributed by atoms with Crippen LogP contribution in [0.4, 0.5) is 0 Å². The second-order valence-electron chi connectivity index (χ2n) is 5.62. The van der Waals surface area contributed by atoms with Crippen molar-refractivity contribution >= 4 is 27.7 Å². The van der Waals surface area contributed by atoms with Crippen LogP contribution in [0.15, 0.2) is 16.7 Å². The van der Waals surface area contributed by atoms with Crippen molar-refractivity contribution in [2.75, 3.05) is 13.1 Å². The highest BCUT2D eigenvalue weighted by Gasteiger charge is 2.32. The third-order valence-electron chi connectivity index (χ3n) is 3.86. The summed E-state index contributed by atoms with van der Waals surface area (Å²) in [4.78, 5) is 25.5. The summed E-state index contributed by atoms with van der Waals surface area (Å²) in [5.74, 6) is 0.0313. The van der Waals surface area contributed by atoms with Crippen molar-refractivity contribution < 1.29 is 9.59 Å². The first-order valence-corrected chi connectivity index (χ1v) is 7.77. The fourth-order valence-electron chi connectivity index (χ4n) is 2.78. The first-order valence-electron chi connectivity index (χ1n) is 6.98. The predicted octanol–water partition coefficient (Wildman–Crippen LogP) is 1.94. The molecule has 1 N–H and O–H groups in total. The van der Waals surface area contributed by atoms with E-state index in [4.69, 9.17) is 0 Å². The molecule has 1 saturated carbocycles. The van der Waals surface area contributed by atoms with Crippen molar-refractivity contribution in [2.45, 2.75) is 38.3 Å². The van der Waals surface area contributed by atoms with Gasteiger partial charge in [-0.25, -0.2) is 0 Å². The average Bonchev–Trinajstić information content (AvgIpc) is 3.01. The molecule has 2 aliphatic rings. The van der Waals surface area contributed by atoms with Gasteiger partial charge in [-0.1, -0.05) is 0 Å². The lowest BCUT2D eigenvalue weighted by Crippen LogP contribution is -2.37. The largest absolute Gasteiger partial charge is 0.352 e. The van der Waals surface area contributed by atoms with Gasteiger partial charge in [0.2, 0.25) is 5.91 Å². The lowest BCUT2D eigenvalue weighted by Gasteiger charge is -2.18. The first kappa shape index (κ1) is 13.7. The topological polar surface area (TPSA) is 54.3 Å². The number of amides is 2. The Balaban J connectivity index is 1.72. The Hall–Kier alpha value is -1.30. The van der Waals surface area contributed by atoms with Crippen LogP contribution in [0.2, 0.25) is 0 Å². The number of nitrogens with zero attached hydrogens (tertiary/aromatic N) is 2. The highest BCUT2D eigenvalue weighted by atomic mass is 79.9. The Morgan fingerprint density at radius 1 is 1.35 bits per heavy atom. The Bertz CT molecular complexity index is 551. The quantitative estimate of drug-likeness (QED) is 0.914. The van der Waals surface area contributed by atoms with Crippen LogP contribution in [-0.4, -0.2) is 40.4 Å². The molecule has 0 radical (unpaired) electrons. The van der Waals surface area contributed by atoms with Gasteiger partial charge in [0.1, 0.15) is 5.69 Å². The number of aromatic nitrogens is 1. The van der Waals surface area contributed by atoms with Crippen LogP contribution in [-0.2, 0) is 4.79 Å². The molecule has 1 atom stereocenters. The number of halogens is 1. The molecule has 1 aliphatic heterocycles. The molecule has 6 heteroatoms. The van der Waals surface area contributed by atoms with Gasteiger partial charge in [-0.15, -0.1) is 0 Å². The number of carbonyl (C=O) groups excluding carboxylic acids is 2. The minimum absolute atomic E-state index is 0.0339. The zero-order valence-electron chi connectivity index (χ0n) is 11.4. The Kier molecular flexibility index (Phi) is 3.58. The van der Waals surface area contributed by atoms with E-state index >= 15 is 0 Å². The summed E-state index contributed by atoms with van der Waals surface area (Å²) in [7, 11) is 0. The minimum atomic E-state index is -0.0339. The van der Waals surface area contributed by atoms with Gasteiger partial charge in [0.25, 0.3) is 5.91 Å². The zero-order valence-corrected chi connectivity index (χ0v) is 13.0. The molecule has 1 aromatic rings. The molecule has 1 saturated heterocycles. The molecule has 0 aromatic carbocycles. The van der Waals surface area contributed by atoms with Crippen LogP contribution in [0.1, 0.15) is 42.7 Å². The second kappa shape index (κ2) is 5.24. The summed E-state index contributed by atoms with van der Waals surface area (Å²) < 4.78 is 3.03. The van der Waals surface area contributed by atoms with Gasteiger partial charge >= 0.3 is 0 Å². The SMILES string of the molecule is CC(=O)NC1CCN(C(=O)c2cc(Br)cn2C2CC2)C1. The van der Waals surface area contributed by atoms with Crippen LogP contribution >= 0.6 is 15.9 Å². The van der Waals surface area contributed by atoms with Crippen molar-refractivity contribution in [1.29, 1.82) is 0 Å². The van der Waals surface area contributed by atoms with Crippen molar-refractivity contribution in [1.82, 2.24) is 14.8 Å². The molecule has 2 amide bonds. The van der Waals surface area contributed by atoms with Gasteiger partial charge in [-0.3, -0.25) is 9.59 Å². The van der Waals surface area contributed by atoms with Gasteiger partial charge in [-0.05, 0) is 41.3 Å². The highest BCUT2D eigenvalue weighted by Crippen LogP contribution is 2.37. The maximum absolute atomic E-state index is 12.6. The lowest BCUT2D eigenvalue weighted by atomic mass is 10.2. The monoisotopic (exact) mass is 339 g/mol. The maximum atomic E-state index is 12.6.